The number of nitrogens with two attached hydrogens (primary N) is 1. The molecule has 1 rings (SSSR count). The average Bonchev–Trinajstić information content (AvgIpc) is 2.34. The zero-order valence-electron chi connectivity index (χ0n) is 10.7. The molecular formula is C12H22N2O4. The highest BCUT2D eigenvalue weighted by atomic mass is 16.5. The fourth-order valence-corrected chi connectivity index (χ4v) is 2.26. The number of methoxy groups -OCH3 is 1. The van der Waals surface area contributed by atoms with Gasteiger partial charge in [-0.2, -0.15) is 0 Å². The SMILES string of the molecule is COC(CNC(=O)C1CCCCC1N)CC(=O)O. The summed E-state index contributed by atoms with van der Waals surface area (Å²) in [5.41, 5.74) is 5.91. The highest BCUT2D eigenvalue weighted by Gasteiger charge is 2.28. The van der Waals surface area contributed by atoms with E-state index in [2.05, 4.69) is 5.32 Å². The molecule has 0 radical (unpaired) electrons. The van der Waals surface area contributed by atoms with Crippen molar-refractivity contribution < 1.29 is 19.4 Å². The van der Waals surface area contributed by atoms with Crippen molar-refractivity contribution in [1.82, 2.24) is 5.32 Å². The number of carbonyl (C=O) groups is 2. The molecule has 104 valence electrons. The van der Waals surface area contributed by atoms with Crippen LogP contribution in [0.4, 0.5) is 0 Å². The summed E-state index contributed by atoms with van der Waals surface area (Å²) in [6.07, 6.45) is 3.17. The normalized spacial score (nSPS) is 25.4. The van der Waals surface area contributed by atoms with Crippen molar-refractivity contribution in [1.29, 1.82) is 0 Å². The Labute approximate surface area is 107 Å². The molecule has 3 atom stereocenters. The Balaban J connectivity index is 2.36. The van der Waals surface area contributed by atoms with Crippen LogP contribution in [0.2, 0.25) is 0 Å². The predicted octanol–water partition coefficient (Wildman–Crippen LogP) is 0.110. The first-order valence-electron chi connectivity index (χ1n) is 6.32. The standard InChI is InChI=1S/C12H22N2O4/c1-18-8(6-11(15)16)7-14-12(17)9-4-2-3-5-10(9)13/h8-10H,2-7,13H2,1H3,(H,14,17)(H,15,16). The fourth-order valence-electron chi connectivity index (χ4n) is 2.26. The van der Waals surface area contributed by atoms with Crippen LogP contribution in [-0.4, -0.2) is 42.8 Å². The number of carboxylic acids is 1. The van der Waals surface area contributed by atoms with Crippen molar-refractivity contribution in [3.05, 3.63) is 0 Å². The van der Waals surface area contributed by atoms with Gasteiger partial charge >= 0.3 is 5.97 Å². The molecular weight excluding hydrogens is 236 g/mol. The minimum Gasteiger partial charge on any atom is -0.481 e. The number of carboxylic acid groups (broad SMARTS) is 1. The number of nitrogens with one attached hydrogen (secondary N) is 1. The monoisotopic (exact) mass is 258 g/mol. The van der Waals surface area contributed by atoms with E-state index >= 15 is 0 Å². The van der Waals surface area contributed by atoms with Crippen LogP contribution < -0.4 is 11.1 Å². The van der Waals surface area contributed by atoms with Gasteiger partial charge in [-0.15, -0.1) is 0 Å². The number of hydrogen-bond acceptors (Lipinski definition) is 4. The van der Waals surface area contributed by atoms with E-state index in [0.29, 0.717) is 0 Å². The summed E-state index contributed by atoms with van der Waals surface area (Å²) in [6.45, 7) is 0.213. The van der Waals surface area contributed by atoms with Crippen LogP contribution in [0.25, 0.3) is 0 Å². The number of rotatable bonds is 6. The van der Waals surface area contributed by atoms with Gasteiger partial charge in [-0.05, 0) is 12.8 Å². The summed E-state index contributed by atoms with van der Waals surface area (Å²) in [4.78, 5) is 22.5. The van der Waals surface area contributed by atoms with E-state index in [0.717, 1.165) is 25.7 Å². The average molecular weight is 258 g/mol. The molecule has 0 aromatic rings. The summed E-state index contributed by atoms with van der Waals surface area (Å²) in [7, 11) is 1.44. The molecule has 1 fully saturated rings. The molecule has 3 unspecified atom stereocenters. The molecule has 18 heavy (non-hydrogen) atoms. The van der Waals surface area contributed by atoms with Gasteiger partial charge in [0.05, 0.1) is 18.4 Å². The lowest BCUT2D eigenvalue weighted by Crippen LogP contribution is -2.45. The molecule has 1 saturated carbocycles. The van der Waals surface area contributed by atoms with E-state index < -0.39 is 12.1 Å². The quantitative estimate of drug-likeness (QED) is 0.627. The molecule has 1 aliphatic carbocycles. The third-order valence-electron chi connectivity index (χ3n) is 3.40. The van der Waals surface area contributed by atoms with Crippen LogP contribution in [0.3, 0.4) is 0 Å². The molecule has 4 N–H and O–H groups in total. The molecule has 1 aliphatic rings. The Morgan fingerprint density at radius 3 is 2.67 bits per heavy atom. The molecule has 0 aromatic carbocycles. The Morgan fingerprint density at radius 2 is 2.11 bits per heavy atom. The second-order valence-corrected chi connectivity index (χ2v) is 4.76. The first-order chi connectivity index (χ1) is 8.54. The third-order valence-corrected chi connectivity index (χ3v) is 3.40. The minimum absolute atomic E-state index is 0.0841. The number of amides is 1. The summed E-state index contributed by atoms with van der Waals surface area (Å²) in [5, 5.41) is 11.4. The maximum atomic E-state index is 11.9. The highest BCUT2D eigenvalue weighted by molar-refractivity contribution is 5.79. The van der Waals surface area contributed by atoms with Gasteiger partial charge in [-0.1, -0.05) is 12.8 Å². The molecule has 0 aliphatic heterocycles. The Bertz CT molecular complexity index is 296. The summed E-state index contributed by atoms with van der Waals surface area (Å²) in [5.74, 6) is -1.18. The van der Waals surface area contributed by atoms with Crippen molar-refractivity contribution in [2.45, 2.75) is 44.2 Å². The molecule has 0 bridgehead atoms. The number of ether oxygens (including phenoxy) is 1. The van der Waals surface area contributed by atoms with E-state index in [1.165, 1.54) is 7.11 Å². The molecule has 0 saturated heterocycles. The lowest BCUT2D eigenvalue weighted by molar-refractivity contribution is -0.140. The fraction of sp³-hybridized carbons (Fsp3) is 0.833. The first-order valence-corrected chi connectivity index (χ1v) is 6.32. The smallest absolute Gasteiger partial charge is 0.306 e. The highest BCUT2D eigenvalue weighted by Crippen LogP contribution is 2.22. The zero-order valence-corrected chi connectivity index (χ0v) is 10.7. The predicted molar refractivity (Wildman–Crippen MR) is 66.0 cm³/mol. The van der Waals surface area contributed by atoms with Gasteiger partial charge in [0.25, 0.3) is 0 Å². The van der Waals surface area contributed by atoms with E-state index in [9.17, 15) is 9.59 Å². The molecule has 6 heteroatoms. The van der Waals surface area contributed by atoms with E-state index in [1.54, 1.807) is 0 Å². The molecule has 0 heterocycles. The molecule has 0 aromatic heterocycles. The van der Waals surface area contributed by atoms with Crippen molar-refractivity contribution >= 4 is 11.9 Å². The summed E-state index contributed by atoms with van der Waals surface area (Å²) in [6, 6.07) is -0.0841. The Kier molecular flexibility index (Phi) is 6.07. The second-order valence-electron chi connectivity index (χ2n) is 4.76. The van der Waals surface area contributed by atoms with Gasteiger partial charge < -0.3 is 20.9 Å². The molecule has 0 spiro atoms. The van der Waals surface area contributed by atoms with Crippen molar-refractivity contribution in [2.75, 3.05) is 13.7 Å². The van der Waals surface area contributed by atoms with Crippen LogP contribution in [0, 0.1) is 5.92 Å². The lowest BCUT2D eigenvalue weighted by atomic mass is 9.84. The van der Waals surface area contributed by atoms with Crippen LogP contribution in [0.5, 0.6) is 0 Å². The number of hydrogen-bond donors (Lipinski definition) is 3. The van der Waals surface area contributed by atoms with Crippen LogP contribution in [-0.2, 0) is 14.3 Å². The van der Waals surface area contributed by atoms with Crippen LogP contribution in [0.1, 0.15) is 32.1 Å². The number of carbonyl (C=O) groups excluding carboxylic acids is 1. The van der Waals surface area contributed by atoms with Crippen molar-refractivity contribution in [3.63, 3.8) is 0 Å². The van der Waals surface area contributed by atoms with Crippen molar-refractivity contribution in [3.8, 4) is 0 Å². The van der Waals surface area contributed by atoms with Gasteiger partial charge in [0.1, 0.15) is 0 Å². The van der Waals surface area contributed by atoms with E-state index in [4.69, 9.17) is 15.6 Å². The van der Waals surface area contributed by atoms with Crippen LogP contribution in [0.15, 0.2) is 0 Å². The zero-order chi connectivity index (χ0) is 13.5. The van der Waals surface area contributed by atoms with Gasteiger partial charge in [0.15, 0.2) is 0 Å². The first kappa shape index (κ1) is 14.9. The van der Waals surface area contributed by atoms with Gasteiger partial charge in [0.2, 0.25) is 5.91 Å². The molecule has 1 amide bonds. The topological polar surface area (TPSA) is 102 Å². The van der Waals surface area contributed by atoms with Gasteiger partial charge in [0, 0.05) is 19.7 Å². The second kappa shape index (κ2) is 7.33. The Hall–Kier alpha value is -1.14. The third kappa shape index (κ3) is 4.62. The largest absolute Gasteiger partial charge is 0.481 e. The van der Waals surface area contributed by atoms with Crippen molar-refractivity contribution in [2.24, 2.45) is 11.7 Å². The van der Waals surface area contributed by atoms with Gasteiger partial charge in [-0.25, -0.2) is 0 Å². The maximum Gasteiger partial charge on any atom is 0.306 e. The van der Waals surface area contributed by atoms with Gasteiger partial charge in [-0.3, -0.25) is 9.59 Å². The minimum atomic E-state index is -0.939. The van der Waals surface area contributed by atoms with E-state index in [1.807, 2.05) is 0 Å². The number of aliphatic carboxylic acids is 1. The Morgan fingerprint density at radius 1 is 1.44 bits per heavy atom. The maximum absolute atomic E-state index is 11.9. The molecule has 6 nitrogen and oxygen atoms in total. The van der Waals surface area contributed by atoms with Crippen LogP contribution >= 0.6 is 0 Å². The summed E-state index contributed by atoms with van der Waals surface area (Å²) < 4.78 is 5.00. The summed E-state index contributed by atoms with van der Waals surface area (Å²) >= 11 is 0. The van der Waals surface area contributed by atoms with E-state index in [-0.39, 0.29) is 30.8 Å². The lowest BCUT2D eigenvalue weighted by Gasteiger charge is -2.28.